The molecule has 1 atom stereocenters. The van der Waals surface area contributed by atoms with Crippen molar-refractivity contribution in [3.8, 4) is 0 Å². The predicted molar refractivity (Wildman–Crippen MR) is 101 cm³/mol. The number of rotatable bonds is 5. The van der Waals surface area contributed by atoms with Crippen LogP contribution in [-0.2, 0) is 26.5 Å². The van der Waals surface area contributed by atoms with Crippen molar-refractivity contribution in [3.05, 3.63) is 70.1 Å². The number of nitrogens with two attached hydrogens (primary N) is 1. The SMILES string of the molecule is C[C@@H](NS(=O)(=O)C1=Cc2ccccc2CC1)c1ccc(S(N)(=O)=O)cc1. The molecule has 3 N–H and O–H groups in total. The Kier molecular flexibility index (Phi) is 5.03. The summed E-state index contributed by atoms with van der Waals surface area (Å²) in [4.78, 5) is 0.340. The average molecular weight is 393 g/mol. The van der Waals surface area contributed by atoms with E-state index in [0.29, 0.717) is 23.3 Å². The summed E-state index contributed by atoms with van der Waals surface area (Å²) >= 11 is 0. The van der Waals surface area contributed by atoms with Gasteiger partial charge in [-0.15, -0.1) is 0 Å². The summed E-state index contributed by atoms with van der Waals surface area (Å²) in [5.41, 5.74) is 2.71. The number of aryl methyl sites for hydroxylation is 1. The fourth-order valence-electron chi connectivity index (χ4n) is 2.94. The van der Waals surface area contributed by atoms with E-state index >= 15 is 0 Å². The number of sulfonamides is 2. The molecule has 0 aromatic heterocycles. The van der Waals surface area contributed by atoms with Gasteiger partial charge < -0.3 is 0 Å². The van der Waals surface area contributed by atoms with Crippen LogP contribution in [0.3, 0.4) is 0 Å². The Morgan fingerprint density at radius 1 is 0.962 bits per heavy atom. The molecule has 26 heavy (non-hydrogen) atoms. The van der Waals surface area contributed by atoms with E-state index in [2.05, 4.69) is 4.72 Å². The molecule has 0 radical (unpaired) electrons. The minimum atomic E-state index is -3.77. The molecule has 1 aliphatic rings. The first-order valence-corrected chi connectivity index (χ1v) is 11.1. The van der Waals surface area contributed by atoms with E-state index in [9.17, 15) is 16.8 Å². The molecular formula is C18H20N2O4S2. The molecule has 2 aromatic carbocycles. The summed E-state index contributed by atoms with van der Waals surface area (Å²) in [7, 11) is -7.42. The second-order valence-corrected chi connectivity index (χ2v) is 9.59. The molecule has 0 unspecified atom stereocenters. The molecule has 1 aliphatic carbocycles. The van der Waals surface area contributed by atoms with Crippen molar-refractivity contribution < 1.29 is 16.8 Å². The summed E-state index contributed by atoms with van der Waals surface area (Å²) in [5.74, 6) is 0. The molecule has 6 nitrogen and oxygen atoms in total. The van der Waals surface area contributed by atoms with Crippen LogP contribution >= 0.6 is 0 Å². The van der Waals surface area contributed by atoms with Crippen molar-refractivity contribution in [2.45, 2.75) is 30.7 Å². The Morgan fingerprint density at radius 3 is 2.27 bits per heavy atom. The highest BCUT2D eigenvalue weighted by Gasteiger charge is 2.24. The number of nitrogens with one attached hydrogen (secondary N) is 1. The standard InChI is InChI=1S/C18H20N2O4S2/c1-13(14-6-9-17(10-7-14)25(19,21)22)20-26(23,24)18-11-8-15-4-2-3-5-16(15)12-18/h2-7,9-10,12-13,20H,8,11H2,1H3,(H2,19,21,22)/t13-/m1/s1. The van der Waals surface area contributed by atoms with Gasteiger partial charge in [0.1, 0.15) is 0 Å². The second-order valence-electron chi connectivity index (χ2n) is 6.27. The first-order chi connectivity index (χ1) is 12.2. The number of benzene rings is 2. The van der Waals surface area contributed by atoms with Crippen LogP contribution in [0.5, 0.6) is 0 Å². The quantitative estimate of drug-likeness (QED) is 0.814. The van der Waals surface area contributed by atoms with Gasteiger partial charge in [-0.1, -0.05) is 36.4 Å². The van der Waals surface area contributed by atoms with Gasteiger partial charge in [-0.25, -0.2) is 26.7 Å². The first-order valence-electron chi connectivity index (χ1n) is 8.10. The number of primary sulfonamides is 1. The zero-order valence-corrected chi connectivity index (χ0v) is 15.8. The maximum atomic E-state index is 12.7. The Balaban J connectivity index is 1.80. The molecule has 3 rings (SSSR count). The molecule has 8 heteroatoms. The van der Waals surface area contributed by atoms with Crippen molar-refractivity contribution >= 4 is 26.1 Å². The second kappa shape index (κ2) is 6.96. The van der Waals surface area contributed by atoms with E-state index in [-0.39, 0.29) is 4.90 Å². The van der Waals surface area contributed by atoms with Gasteiger partial charge in [0.2, 0.25) is 20.0 Å². The smallest absolute Gasteiger partial charge is 0.225 e. The minimum absolute atomic E-state index is 0.0112. The lowest BCUT2D eigenvalue weighted by Crippen LogP contribution is -2.29. The van der Waals surface area contributed by atoms with Gasteiger partial charge in [0, 0.05) is 6.04 Å². The molecule has 0 spiro atoms. The van der Waals surface area contributed by atoms with E-state index in [1.165, 1.54) is 12.1 Å². The van der Waals surface area contributed by atoms with Crippen LogP contribution in [0, 0.1) is 0 Å². The van der Waals surface area contributed by atoms with Crippen molar-refractivity contribution in [2.24, 2.45) is 5.14 Å². The zero-order valence-electron chi connectivity index (χ0n) is 14.2. The summed E-state index contributed by atoms with van der Waals surface area (Å²) < 4.78 is 50.7. The van der Waals surface area contributed by atoms with Gasteiger partial charge in [0.05, 0.1) is 9.80 Å². The van der Waals surface area contributed by atoms with Crippen LogP contribution in [0.15, 0.2) is 58.3 Å². The predicted octanol–water partition coefficient (Wildman–Crippen LogP) is 2.30. The van der Waals surface area contributed by atoms with Gasteiger partial charge in [-0.3, -0.25) is 0 Å². The van der Waals surface area contributed by atoms with E-state index in [1.54, 1.807) is 25.1 Å². The van der Waals surface area contributed by atoms with E-state index in [1.807, 2.05) is 24.3 Å². The summed E-state index contributed by atoms with van der Waals surface area (Å²) in [6.07, 6.45) is 2.84. The molecule has 0 bridgehead atoms. The Labute approximate surface area is 153 Å². The highest BCUT2D eigenvalue weighted by molar-refractivity contribution is 7.93. The number of hydrogen-bond acceptors (Lipinski definition) is 4. The van der Waals surface area contributed by atoms with Crippen LogP contribution < -0.4 is 9.86 Å². The highest BCUT2D eigenvalue weighted by atomic mass is 32.2. The largest absolute Gasteiger partial charge is 0.238 e. The third-order valence-electron chi connectivity index (χ3n) is 4.40. The lowest BCUT2D eigenvalue weighted by atomic mass is 9.98. The molecule has 0 fully saturated rings. The Morgan fingerprint density at radius 2 is 1.62 bits per heavy atom. The molecule has 0 aliphatic heterocycles. The van der Waals surface area contributed by atoms with E-state index < -0.39 is 26.1 Å². The highest BCUT2D eigenvalue weighted by Crippen LogP contribution is 2.27. The van der Waals surface area contributed by atoms with Crippen LogP contribution in [-0.4, -0.2) is 16.8 Å². The summed E-state index contributed by atoms with van der Waals surface area (Å²) in [6.45, 7) is 1.71. The normalized spacial score (nSPS) is 15.8. The van der Waals surface area contributed by atoms with E-state index in [4.69, 9.17) is 5.14 Å². The van der Waals surface area contributed by atoms with Crippen molar-refractivity contribution in [2.75, 3.05) is 0 Å². The lowest BCUT2D eigenvalue weighted by Gasteiger charge is -2.20. The molecule has 0 amide bonds. The molecule has 0 heterocycles. The van der Waals surface area contributed by atoms with Crippen molar-refractivity contribution in [1.82, 2.24) is 4.72 Å². The fraction of sp³-hybridized carbons (Fsp3) is 0.222. The maximum Gasteiger partial charge on any atom is 0.238 e. The molecule has 138 valence electrons. The average Bonchev–Trinajstić information content (AvgIpc) is 2.60. The van der Waals surface area contributed by atoms with Gasteiger partial charge in [-0.2, -0.15) is 0 Å². The van der Waals surface area contributed by atoms with E-state index in [0.717, 1.165) is 11.1 Å². The number of hydrogen-bond donors (Lipinski definition) is 2. The van der Waals surface area contributed by atoms with Crippen LogP contribution in [0.4, 0.5) is 0 Å². The maximum absolute atomic E-state index is 12.7. The minimum Gasteiger partial charge on any atom is -0.225 e. The fourth-order valence-corrected chi connectivity index (χ4v) is 4.86. The number of allylic oxidation sites excluding steroid dienone is 1. The molecule has 0 saturated carbocycles. The third kappa shape index (κ3) is 4.04. The van der Waals surface area contributed by atoms with Crippen LogP contribution in [0.1, 0.15) is 36.1 Å². The topological polar surface area (TPSA) is 106 Å². The number of fused-ring (bicyclic) bond motifs is 1. The third-order valence-corrected chi connectivity index (χ3v) is 7.00. The van der Waals surface area contributed by atoms with Gasteiger partial charge in [0.15, 0.2) is 0 Å². The molecular weight excluding hydrogens is 372 g/mol. The van der Waals surface area contributed by atoms with Gasteiger partial charge in [-0.05, 0) is 54.7 Å². The molecule has 2 aromatic rings. The Hall–Kier alpha value is -2.00. The first kappa shape index (κ1) is 18.8. The lowest BCUT2D eigenvalue weighted by molar-refractivity contribution is 0.571. The molecule has 0 saturated heterocycles. The van der Waals surface area contributed by atoms with Gasteiger partial charge >= 0.3 is 0 Å². The van der Waals surface area contributed by atoms with Crippen LogP contribution in [0.2, 0.25) is 0 Å². The Bertz CT molecular complexity index is 1060. The summed E-state index contributed by atoms with van der Waals surface area (Å²) in [6, 6.07) is 13.1. The van der Waals surface area contributed by atoms with Gasteiger partial charge in [0.25, 0.3) is 0 Å². The van der Waals surface area contributed by atoms with Crippen molar-refractivity contribution in [1.29, 1.82) is 0 Å². The summed E-state index contributed by atoms with van der Waals surface area (Å²) in [5, 5.41) is 5.07. The monoisotopic (exact) mass is 392 g/mol. The van der Waals surface area contributed by atoms with Crippen LogP contribution in [0.25, 0.3) is 6.08 Å². The van der Waals surface area contributed by atoms with Crippen molar-refractivity contribution in [3.63, 3.8) is 0 Å². The zero-order chi connectivity index (χ0) is 18.9.